The number of hydrogen-bond donors (Lipinski definition) is 1. The second-order valence-electron chi connectivity index (χ2n) is 7.23. The largest absolute Gasteiger partial charge is 0.493 e. The lowest BCUT2D eigenvalue weighted by molar-refractivity contribution is -0.110. The number of anilines is 2. The first kappa shape index (κ1) is 21.2. The molecule has 1 heterocycles. The fourth-order valence-electron chi connectivity index (χ4n) is 3.76. The molecule has 1 atom stereocenters. The van der Waals surface area contributed by atoms with E-state index in [1.807, 2.05) is 53.5 Å². The summed E-state index contributed by atoms with van der Waals surface area (Å²) in [5, 5.41) is 9.50. The van der Waals surface area contributed by atoms with Gasteiger partial charge in [-0.05, 0) is 17.7 Å². The Morgan fingerprint density at radius 3 is 2.06 bits per heavy atom. The summed E-state index contributed by atoms with van der Waals surface area (Å²) in [7, 11) is 4.60. The third-order valence-electron chi connectivity index (χ3n) is 5.30. The Balaban J connectivity index is 1.62. The second-order valence-corrected chi connectivity index (χ2v) is 7.23. The van der Waals surface area contributed by atoms with Crippen LogP contribution in [-0.2, 0) is 4.79 Å². The lowest BCUT2D eigenvalue weighted by atomic mass is 10.0. The van der Waals surface area contributed by atoms with Crippen molar-refractivity contribution in [3.63, 3.8) is 0 Å². The van der Waals surface area contributed by atoms with Gasteiger partial charge in [0.25, 0.3) is 5.91 Å². The average molecular weight is 431 g/mol. The minimum absolute atomic E-state index is 0.0701. The first-order chi connectivity index (χ1) is 15.6. The van der Waals surface area contributed by atoms with Crippen LogP contribution in [0.25, 0.3) is 0 Å². The number of hydrogen-bond acceptors (Lipinski definition) is 6. The molecule has 0 spiro atoms. The number of benzene rings is 3. The number of nitrogens with one attached hydrogen (secondary N) is 1. The normalized spacial score (nSPS) is 15.2. The van der Waals surface area contributed by atoms with Crippen molar-refractivity contribution < 1.29 is 19.0 Å². The quantitative estimate of drug-likeness (QED) is 0.589. The smallest absolute Gasteiger partial charge is 0.271 e. The van der Waals surface area contributed by atoms with Crippen LogP contribution in [0.2, 0.25) is 0 Å². The number of nitrogens with zero attached hydrogens (tertiary/aromatic N) is 2. The lowest BCUT2D eigenvalue weighted by Gasteiger charge is -2.23. The highest BCUT2D eigenvalue weighted by Gasteiger charge is 2.32. The van der Waals surface area contributed by atoms with E-state index in [0.717, 1.165) is 11.3 Å². The van der Waals surface area contributed by atoms with Crippen LogP contribution in [-0.4, -0.2) is 32.9 Å². The topological polar surface area (TPSA) is 72.4 Å². The summed E-state index contributed by atoms with van der Waals surface area (Å²) in [4.78, 5) is 13.1. The van der Waals surface area contributed by atoms with Crippen molar-refractivity contribution in [3.05, 3.63) is 78.4 Å². The molecule has 7 nitrogen and oxygen atoms in total. The molecule has 0 saturated carbocycles. The molecule has 1 aliphatic rings. The number of amides is 1. The van der Waals surface area contributed by atoms with E-state index in [9.17, 15) is 4.79 Å². The Labute approximate surface area is 187 Å². The number of ether oxygens (including phenoxy) is 3. The number of carbonyl (C=O) groups is 1. The van der Waals surface area contributed by atoms with Gasteiger partial charge in [-0.25, -0.2) is 0 Å². The molecule has 1 amide bonds. The maximum absolute atomic E-state index is 13.1. The maximum atomic E-state index is 13.1. The third kappa shape index (κ3) is 4.23. The summed E-state index contributed by atoms with van der Waals surface area (Å²) in [5.41, 5.74) is 2.99. The van der Waals surface area contributed by atoms with Crippen molar-refractivity contribution in [1.82, 2.24) is 0 Å². The third-order valence-corrected chi connectivity index (χ3v) is 5.30. The van der Waals surface area contributed by atoms with Crippen molar-refractivity contribution in [1.29, 1.82) is 0 Å². The van der Waals surface area contributed by atoms with Crippen LogP contribution >= 0.6 is 0 Å². The molecule has 0 bridgehead atoms. The zero-order valence-electron chi connectivity index (χ0n) is 18.2. The Morgan fingerprint density at radius 1 is 0.906 bits per heavy atom. The zero-order chi connectivity index (χ0) is 22.5. The second kappa shape index (κ2) is 9.43. The summed E-state index contributed by atoms with van der Waals surface area (Å²) in [6, 6.07) is 23.2. The van der Waals surface area contributed by atoms with Crippen LogP contribution in [0.1, 0.15) is 18.0 Å². The van der Waals surface area contributed by atoms with E-state index in [4.69, 9.17) is 14.2 Å². The lowest BCUT2D eigenvalue weighted by Crippen LogP contribution is -2.22. The minimum atomic E-state index is -0.279. The Morgan fingerprint density at radius 2 is 1.50 bits per heavy atom. The summed E-state index contributed by atoms with van der Waals surface area (Å²) in [5.74, 6) is 1.11. The molecule has 1 unspecified atom stereocenters. The van der Waals surface area contributed by atoms with Crippen molar-refractivity contribution in [3.8, 4) is 17.2 Å². The van der Waals surface area contributed by atoms with Crippen molar-refractivity contribution in [2.45, 2.75) is 12.5 Å². The van der Waals surface area contributed by atoms with Gasteiger partial charge in [-0.1, -0.05) is 48.5 Å². The highest BCUT2D eigenvalue weighted by Crippen LogP contribution is 2.40. The molecule has 3 aromatic rings. The molecule has 0 radical (unpaired) electrons. The predicted molar refractivity (Wildman–Crippen MR) is 125 cm³/mol. The van der Waals surface area contributed by atoms with Crippen LogP contribution in [0.3, 0.4) is 0 Å². The molecule has 1 aliphatic heterocycles. The number of rotatable bonds is 7. The van der Waals surface area contributed by atoms with Gasteiger partial charge >= 0.3 is 0 Å². The van der Waals surface area contributed by atoms with E-state index in [0.29, 0.717) is 35.1 Å². The summed E-state index contributed by atoms with van der Waals surface area (Å²) in [6.45, 7) is 0. The molecular weight excluding hydrogens is 406 g/mol. The summed E-state index contributed by atoms with van der Waals surface area (Å²) in [6.07, 6.45) is 0.481. The molecular formula is C25H25N3O4. The van der Waals surface area contributed by atoms with Gasteiger partial charge in [-0.15, -0.1) is 0 Å². The Kier molecular flexibility index (Phi) is 6.26. The minimum Gasteiger partial charge on any atom is -0.493 e. The van der Waals surface area contributed by atoms with Crippen LogP contribution in [0.15, 0.2) is 77.9 Å². The van der Waals surface area contributed by atoms with Gasteiger partial charge in [0.05, 0.1) is 33.1 Å². The standard InChI is InChI=1S/C25H25N3O4/c1-30-22-14-18(15-23(31-2)24(22)32-3)26-25(29)20-16-21(17-10-6-4-7-11-17)28(27-20)19-12-8-5-9-13-19/h4-15,21H,16H2,1-3H3,(H,26,29). The fourth-order valence-corrected chi connectivity index (χ4v) is 3.76. The highest BCUT2D eigenvalue weighted by molar-refractivity contribution is 6.43. The number of hydrazone groups is 1. The van der Waals surface area contributed by atoms with E-state index in [1.165, 1.54) is 21.3 Å². The first-order valence-corrected chi connectivity index (χ1v) is 10.2. The fraction of sp³-hybridized carbons (Fsp3) is 0.200. The van der Waals surface area contributed by atoms with Crippen molar-refractivity contribution in [2.75, 3.05) is 31.7 Å². The van der Waals surface area contributed by atoms with E-state index in [2.05, 4.69) is 22.6 Å². The Bertz CT molecular complexity index is 1090. The van der Waals surface area contributed by atoms with Crippen LogP contribution in [0.5, 0.6) is 17.2 Å². The van der Waals surface area contributed by atoms with Crippen LogP contribution < -0.4 is 24.5 Å². The van der Waals surface area contributed by atoms with Crippen LogP contribution in [0, 0.1) is 0 Å². The summed E-state index contributed by atoms with van der Waals surface area (Å²) < 4.78 is 16.1. The average Bonchev–Trinajstić information content (AvgIpc) is 3.30. The van der Waals surface area contributed by atoms with Crippen molar-refractivity contribution >= 4 is 23.0 Å². The van der Waals surface area contributed by atoms with Crippen LogP contribution in [0.4, 0.5) is 11.4 Å². The Hall–Kier alpha value is -4.00. The molecule has 0 aromatic heterocycles. The molecule has 32 heavy (non-hydrogen) atoms. The molecule has 164 valence electrons. The monoisotopic (exact) mass is 431 g/mol. The predicted octanol–water partition coefficient (Wildman–Crippen LogP) is 4.66. The van der Waals surface area contributed by atoms with E-state index >= 15 is 0 Å². The number of carbonyl (C=O) groups excluding carboxylic acids is 1. The van der Waals surface area contributed by atoms with Gasteiger partial charge in [-0.2, -0.15) is 5.10 Å². The summed E-state index contributed by atoms with van der Waals surface area (Å²) >= 11 is 0. The molecule has 1 N–H and O–H groups in total. The van der Waals surface area contributed by atoms with E-state index < -0.39 is 0 Å². The van der Waals surface area contributed by atoms with E-state index in [-0.39, 0.29) is 11.9 Å². The maximum Gasteiger partial charge on any atom is 0.271 e. The number of methoxy groups -OCH3 is 3. The molecule has 0 fully saturated rings. The van der Waals surface area contributed by atoms with Gasteiger partial charge in [-0.3, -0.25) is 9.80 Å². The van der Waals surface area contributed by atoms with Gasteiger partial charge < -0.3 is 19.5 Å². The van der Waals surface area contributed by atoms with Gasteiger partial charge in [0, 0.05) is 24.2 Å². The molecule has 3 aromatic carbocycles. The first-order valence-electron chi connectivity index (χ1n) is 10.2. The zero-order valence-corrected chi connectivity index (χ0v) is 18.2. The SMILES string of the molecule is COc1cc(NC(=O)C2=NN(c3ccccc3)C(c3ccccc3)C2)cc(OC)c1OC. The van der Waals surface area contributed by atoms with Gasteiger partial charge in [0.2, 0.25) is 5.75 Å². The molecule has 4 rings (SSSR count). The highest BCUT2D eigenvalue weighted by atomic mass is 16.5. The molecule has 7 heteroatoms. The molecule has 0 aliphatic carbocycles. The van der Waals surface area contributed by atoms with E-state index in [1.54, 1.807) is 12.1 Å². The molecule has 0 saturated heterocycles. The van der Waals surface area contributed by atoms with Gasteiger partial charge in [0.1, 0.15) is 5.71 Å². The van der Waals surface area contributed by atoms with Crippen molar-refractivity contribution in [2.24, 2.45) is 5.10 Å². The van der Waals surface area contributed by atoms with Gasteiger partial charge in [0.15, 0.2) is 11.5 Å². The number of para-hydroxylation sites is 1.